The van der Waals surface area contributed by atoms with Gasteiger partial charge in [-0.2, -0.15) is 35.7 Å². The van der Waals surface area contributed by atoms with Crippen molar-refractivity contribution >= 4 is 140 Å². The summed E-state index contributed by atoms with van der Waals surface area (Å²) in [4.78, 5) is 56.0. The first kappa shape index (κ1) is 75.8. The number of aromatic hydroxyl groups is 2. The van der Waals surface area contributed by atoms with Gasteiger partial charge in [0.25, 0.3) is 0 Å². The average Bonchev–Trinajstić information content (AvgIpc) is 1.66. The molecule has 16 heterocycles. The van der Waals surface area contributed by atoms with Crippen LogP contribution in [0.4, 0.5) is 40.6 Å². The number of nitrogens with two attached hydrogens (primary N) is 7. The molecule has 38 heteroatoms. The van der Waals surface area contributed by atoms with E-state index in [-0.39, 0.29) is 11.5 Å². The van der Waals surface area contributed by atoms with Gasteiger partial charge in [0.2, 0.25) is 0 Å². The third kappa shape index (κ3) is 13.9. The van der Waals surface area contributed by atoms with Crippen LogP contribution in [-0.2, 0) is 55.1 Å². The Balaban J connectivity index is 0.000000103. The van der Waals surface area contributed by atoms with E-state index in [4.69, 9.17) is 44.9 Å². The van der Waals surface area contributed by atoms with Crippen LogP contribution in [0, 0.1) is 6.92 Å². The van der Waals surface area contributed by atoms with E-state index in [2.05, 4.69) is 161 Å². The van der Waals surface area contributed by atoms with Gasteiger partial charge in [-0.25, -0.2) is 87.9 Å². The van der Waals surface area contributed by atoms with Gasteiger partial charge in [0.05, 0.1) is 44.4 Å². The summed E-state index contributed by atoms with van der Waals surface area (Å²) in [5, 5.41) is 61.3. The lowest BCUT2D eigenvalue weighted by atomic mass is 10.0. The van der Waals surface area contributed by atoms with Crippen molar-refractivity contribution in [2.45, 2.75) is 26.7 Å². The van der Waals surface area contributed by atoms with Crippen molar-refractivity contribution in [3.63, 3.8) is 0 Å². The van der Waals surface area contributed by atoms with Crippen molar-refractivity contribution in [3.05, 3.63) is 189 Å². The summed E-state index contributed by atoms with van der Waals surface area (Å²) in [6.45, 7) is 4.93. The number of aromatic nitrogens is 28. The lowest BCUT2D eigenvalue weighted by molar-refractivity contribution is 0.357. The summed E-state index contributed by atoms with van der Waals surface area (Å²) in [5.41, 5.74) is 63.2. The number of benzene rings is 6. The highest BCUT2D eigenvalue weighted by Crippen LogP contribution is 2.40. The molecule has 19 N–H and O–H groups in total. The lowest BCUT2D eigenvalue weighted by Crippen LogP contribution is -1.95. The van der Waals surface area contributed by atoms with Crippen LogP contribution in [0.2, 0.25) is 0 Å². The second-order valence-corrected chi connectivity index (χ2v) is 28.1. The molecule has 6 aromatic carbocycles. The molecule has 0 amide bonds. The molecule has 0 saturated carbocycles. The van der Waals surface area contributed by atoms with Crippen LogP contribution in [0.15, 0.2) is 172 Å². The van der Waals surface area contributed by atoms with Gasteiger partial charge in [-0.15, -0.1) is 0 Å². The van der Waals surface area contributed by atoms with Crippen molar-refractivity contribution in [1.29, 1.82) is 0 Å². The SMILES string of the molecule is CCc1[nH]nc2cc(-c3nn(C)c4ncnc(N)c34)ccc12.Cc1c[nH]c2cc(-c3nn(C)c4ncnc(N)c34)ccc12.Cn1nc(-c2ccc(N)cc2)c2c(N)ncnc21.Cn1nc(-c2ccc(O)c(O)c2)c2c(N)ncnc21.Cn1nc(-c2ccc3[nH]ccc3c2)c2c(N)ncnc21.Cn1nc(-c2ccc3c(c2)CCO3)c2c(N)ncnc21. The number of fused-ring (bicyclic) bond motifs is 10. The number of aromatic amines is 3. The van der Waals surface area contributed by atoms with E-state index in [1.54, 1.807) is 41.2 Å². The van der Waals surface area contributed by atoms with E-state index in [9.17, 15) is 10.2 Å². The fraction of sp³-hybridized carbons (Fsp3) is 0.134. The number of aryl methyl sites for hydroxylation is 8. The molecule has 0 spiro atoms. The van der Waals surface area contributed by atoms with Crippen LogP contribution < -0.4 is 44.9 Å². The van der Waals surface area contributed by atoms with E-state index in [0.29, 0.717) is 68.5 Å². The Morgan fingerprint density at radius 1 is 0.383 bits per heavy atom. The summed E-state index contributed by atoms with van der Waals surface area (Å²) < 4.78 is 15.7. The highest BCUT2D eigenvalue weighted by molar-refractivity contribution is 6.05. The molecule has 1 aliphatic rings. The molecule has 0 bridgehead atoms. The van der Waals surface area contributed by atoms with E-state index in [1.807, 2.05) is 114 Å². The topological polar surface area (TPSA) is 554 Å². The normalized spacial score (nSPS) is 11.7. The van der Waals surface area contributed by atoms with E-state index in [0.717, 1.165) is 164 Å². The Kier molecular flexibility index (Phi) is 19.5. The molecule has 0 radical (unpaired) electrons. The number of rotatable bonds is 7. The number of hydrogen-bond acceptors (Lipinski definition) is 29. The number of anilines is 7. The number of hydrogen-bond donors (Lipinski definition) is 12. The van der Waals surface area contributed by atoms with Gasteiger partial charge in [-0.3, -0.25) is 5.10 Å². The number of nitrogens with one attached hydrogen (secondary N) is 3. The molecule has 0 fully saturated rings. The first-order valence-electron chi connectivity index (χ1n) is 37.4. The highest BCUT2D eigenvalue weighted by Gasteiger charge is 2.24. The van der Waals surface area contributed by atoms with Gasteiger partial charge in [0.1, 0.15) is 113 Å². The number of nitrogen functional groups attached to an aromatic ring is 7. The van der Waals surface area contributed by atoms with Gasteiger partial charge in [0.15, 0.2) is 45.4 Å². The maximum absolute atomic E-state index is 9.56. The smallest absolute Gasteiger partial charge is 0.163 e. The van der Waals surface area contributed by atoms with Gasteiger partial charge in [-0.05, 0) is 103 Å². The van der Waals surface area contributed by atoms with Crippen LogP contribution in [0.3, 0.4) is 0 Å². The minimum absolute atomic E-state index is 0.187. The molecule has 120 heavy (non-hydrogen) atoms. The first-order valence-corrected chi connectivity index (χ1v) is 37.4. The average molecular weight is 1600 g/mol. The second kappa shape index (κ2) is 30.8. The third-order valence-electron chi connectivity index (χ3n) is 20.5. The van der Waals surface area contributed by atoms with E-state index >= 15 is 0 Å². The van der Waals surface area contributed by atoms with Crippen LogP contribution in [0.25, 0.3) is 166 Å². The predicted molar refractivity (Wildman–Crippen MR) is 461 cm³/mol. The Bertz CT molecular complexity index is 7510. The highest BCUT2D eigenvalue weighted by atomic mass is 16.5. The molecule has 1 aliphatic heterocycles. The minimum atomic E-state index is -0.216. The van der Waals surface area contributed by atoms with Crippen molar-refractivity contribution in [2.24, 2.45) is 42.3 Å². The van der Waals surface area contributed by atoms with Gasteiger partial charge in [-0.1, -0.05) is 49.4 Å². The molecule has 0 aliphatic carbocycles. The number of phenols is 2. The Hall–Kier alpha value is -16.8. The van der Waals surface area contributed by atoms with E-state index in [1.165, 1.54) is 66.6 Å². The quantitative estimate of drug-likeness (QED) is 0.0521. The molecule has 22 rings (SSSR count). The fourth-order valence-corrected chi connectivity index (χ4v) is 14.6. The zero-order valence-electron chi connectivity index (χ0n) is 65.8. The Morgan fingerprint density at radius 2 is 0.767 bits per heavy atom. The maximum Gasteiger partial charge on any atom is 0.163 e. The molecular weight excluding hydrogens is 1520 g/mol. The monoisotopic (exact) mass is 1600 g/mol. The summed E-state index contributed by atoms with van der Waals surface area (Å²) >= 11 is 0. The Labute approximate surface area is 678 Å². The van der Waals surface area contributed by atoms with Gasteiger partial charge in [0, 0.05) is 133 Å². The fourth-order valence-electron chi connectivity index (χ4n) is 14.6. The molecule has 598 valence electrons. The standard InChI is InChI=1S/C15H15N7.C15H14N6.C14H12N6.C14H13N5O.C12H12N6.C12H11N5O2/c1-3-10-9-5-4-8(6-11(9)20-19-10)13-12-14(16)17-7-18-15(12)22(2)21-13;1-8-6-17-11-5-9(3-4-10(8)11)13-12-14(16)18-7-19-15(12)21(2)20-13;1-20-14-11(13(15)17-7-18-14)12(19-20)9-2-3-10-8(6-9)4-5-16-10;1-19-14-11(13(15)16-7-17-14)12(18-19)9-2-3-10-8(6-9)4-5-20-10;1-18-12-9(11(14)15-6-16-12)10(17-18)7-2-4-8(13)5-3-7;1-17-12-9(11(13)14-5-15-12)10(16-17)6-2-3-7(18)8(19)4-6/h4-7H,3H2,1-2H3,(H,19,20)(H2,16,17,18);3-7,17H,1-2H3,(H2,16,18,19);2-7,16H,1H3,(H2,15,17,18);2-3,6-7H,4-5H2,1H3,(H2,15,16,17);2-6H,13H2,1H3,(H2,14,15,16);2-5,18-19H,1H3,(H2,13,14,15). The summed E-state index contributed by atoms with van der Waals surface area (Å²) in [6.07, 6.45) is 14.4. The van der Waals surface area contributed by atoms with Gasteiger partial charge < -0.3 is 65.1 Å². The first-order chi connectivity index (χ1) is 58.0. The van der Waals surface area contributed by atoms with Crippen LogP contribution in [0.5, 0.6) is 17.2 Å². The van der Waals surface area contributed by atoms with Crippen LogP contribution >= 0.6 is 0 Å². The molecule has 0 unspecified atom stereocenters. The number of phenolic OH excluding ortho intramolecular Hbond substituents is 2. The van der Waals surface area contributed by atoms with Gasteiger partial charge >= 0.3 is 0 Å². The number of H-pyrrole nitrogens is 3. The minimum Gasteiger partial charge on any atom is -0.504 e. The van der Waals surface area contributed by atoms with Crippen molar-refractivity contribution < 1.29 is 14.9 Å². The lowest BCUT2D eigenvalue weighted by Gasteiger charge is -2.02. The van der Waals surface area contributed by atoms with Crippen molar-refractivity contribution in [1.82, 2.24) is 139 Å². The van der Waals surface area contributed by atoms with Crippen LogP contribution in [0.1, 0.15) is 23.7 Å². The molecule has 15 aromatic heterocycles. The molecule has 0 saturated heterocycles. The molecular formula is C82H77N35O3. The zero-order valence-corrected chi connectivity index (χ0v) is 65.8. The largest absolute Gasteiger partial charge is 0.504 e. The van der Waals surface area contributed by atoms with Crippen LogP contribution in [-0.4, -0.2) is 155 Å². The third-order valence-corrected chi connectivity index (χ3v) is 20.5. The van der Waals surface area contributed by atoms with Crippen molar-refractivity contribution in [3.8, 4) is 84.8 Å². The predicted octanol–water partition coefficient (Wildman–Crippen LogP) is 10.3. The maximum atomic E-state index is 9.56. The van der Waals surface area contributed by atoms with Crippen molar-refractivity contribution in [2.75, 3.05) is 46.7 Å². The zero-order chi connectivity index (χ0) is 83.5. The molecule has 21 aromatic rings. The number of ether oxygens (including phenoxy) is 1. The summed E-state index contributed by atoms with van der Waals surface area (Å²) in [5.74, 6) is 3.09. The second-order valence-electron chi connectivity index (χ2n) is 28.1. The molecule has 0 atom stereocenters. The summed E-state index contributed by atoms with van der Waals surface area (Å²) in [7, 11) is 11.0. The molecule has 38 nitrogen and oxygen atoms in total. The summed E-state index contributed by atoms with van der Waals surface area (Å²) in [6, 6.07) is 38.5. The Morgan fingerprint density at radius 3 is 1.22 bits per heavy atom. The number of nitrogens with zero attached hydrogens (tertiary/aromatic N) is 25. The van der Waals surface area contributed by atoms with E-state index < -0.39 is 0 Å².